The van der Waals surface area contributed by atoms with E-state index >= 15 is 0 Å². The summed E-state index contributed by atoms with van der Waals surface area (Å²) in [6.07, 6.45) is 0. The third-order valence-electron chi connectivity index (χ3n) is 5.69. The monoisotopic (exact) mass is 441 g/mol. The maximum absolute atomic E-state index is 13.4. The highest BCUT2D eigenvalue weighted by Crippen LogP contribution is 2.36. The topological polar surface area (TPSA) is 77.8 Å². The van der Waals surface area contributed by atoms with E-state index in [2.05, 4.69) is 26.1 Å². The Morgan fingerprint density at radius 3 is 2.30 bits per heavy atom. The fraction of sp³-hybridized carbons (Fsp3) is 0.185. The van der Waals surface area contributed by atoms with E-state index in [0.29, 0.717) is 39.3 Å². The Balaban J connectivity index is 1.51. The van der Waals surface area contributed by atoms with Gasteiger partial charge < -0.3 is 19.2 Å². The van der Waals surface area contributed by atoms with Gasteiger partial charge in [-0.2, -0.15) is 0 Å². The van der Waals surface area contributed by atoms with E-state index in [0.717, 1.165) is 5.56 Å². The summed E-state index contributed by atoms with van der Waals surface area (Å²) < 4.78 is 16.6. The highest BCUT2D eigenvalue weighted by atomic mass is 16.7. The molecule has 0 unspecified atom stereocenters. The predicted octanol–water partition coefficient (Wildman–Crippen LogP) is 5.94. The van der Waals surface area contributed by atoms with Crippen molar-refractivity contribution in [1.29, 1.82) is 0 Å². The van der Waals surface area contributed by atoms with E-state index in [1.807, 2.05) is 30.3 Å². The van der Waals surface area contributed by atoms with Crippen LogP contribution in [-0.4, -0.2) is 18.5 Å². The quantitative estimate of drug-likeness (QED) is 0.397. The van der Waals surface area contributed by atoms with Gasteiger partial charge in [0.2, 0.25) is 12.6 Å². The first-order chi connectivity index (χ1) is 15.8. The number of fused-ring (bicyclic) bond motifs is 2. The fourth-order valence-electron chi connectivity index (χ4n) is 3.81. The highest BCUT2D eigenvalue weighted by Gasteiger charge is 2.26. The molecule has 3 aromatic carbocycles. The highest BCUT2D eigenvalue weighted by molar-refractivity contribution is 6.19. The summed E-state index contributed by atoms with van der Waals surface area (Å²) in [6, 6.07) is 19.7. The van der Waals surface area contributed by atoms with Gasteiger partial charge in [-0.3, -0.25) is 9.59 Å². The van der Waals surface area contributed by atoms with Gasteiger partial charge in [0.15, 0.2) is 17.3 Å². The van der Waals surface area contributed by atoms with Gasteiger partial charge in [0.25, 0.3) is 5.91 Å². The van der Waals surface area contributed by atoms with Gasteiger partial charge in [-0.25, -0.2) is 0 Å². The van der Waals surface area contributed by atoms with Crippen LogP contribution in [0.3, 0.4) is 0 Å². The molecule has 4 aromatic rings. The van der Waals surface area contributed by atoms with Gasteiger partial charge in [-0.1, -0.05) is 45.0 Å². The third-order valence-corrected chi connectivity index (χ3v) is 5.69. The number of para-hydroxylation sites is 1. The molecule has 1 aliphatic heterocycles. The molecule has 2 heterocycles. The number of hydrogen-bond acceptors (Lipinski definition) is 5. The molecule has 6 nitrogen and oxygen atoms in total. The number of ether oxygens (including phenoxy) is 2. The lowest BCUT2D eigenvalue weighted by Crippen LogP contribution is -2.15. The molecule has 1 amide bonds. The summed E-state index contributed by atoms with van der Waals surface area (Å²) in [7, 11) is 0. The molecule has 0 bridgehead atoms. The molecule has 0 radical (unpaired) electrons. The molecule has 0 atom stereocenters. The lowest BCUT2D eigenvalue weighted by molar-refractivity contribution is 0.101. The van der Waals surface area contributed by atoms with E-state index in [1.54, 1.807) is 36.4 Å². The Bertz CT molecular complexity index is 1380. The summed E-state index contributed by atoms with van der Waals surface area (Å²) in [5.41, 5.74) is 2.85. The molecule has 0 saturated carbocycles. The number of carbonyl (C=O) groups excluding carboxylic acids is 2. The van der Waals surface area contributed by atoms with Gasteiger partial charge in [-0.15, -0.1) is 0 Å². The van der Waals surface area contributed by atoms with Crippen LogP contribution in [0.5, 0.6) is 11.5 Å². The van der Waals surface area contributed by atoms with E-state index in [-0.39, 0.29) is 29.7 Å². The van der Waals surface area contributed by atoms with Crippen molar-refractivity contribution in [2.24, 2.45) is 0 Å². The number of hydrogen-bond donors (Lipinski definition) is 1. The lowest BCUT2D eigenvalue weighted by Gasteiger charge is -2.19. The van der Waals surface area contributed by atoms with Crippen molar-refractivity contribution >= 4 is 28.3 Å². The van der Waals surface area contributed by atoms with Crippen molar-refractivity contribution < 1.29 is 23.5 Å². The fourth-order valence-corrected chi connectivity index (χ4v) is 3.81. The molecule has 1 aliphatic rings. The second kappa shape index (κ2) is 7.81. The van der Waals surface area contributed by atoms with Gasteiger partial charge >= 0.3 is 0 Å². The van der Waals surface area contributed by atoms with Crippen molar-refractivity contribution in [3.8, 4) is 11.5 Å². The van der Waals surface area contributed by atoms with Crippen LogP contribution >= 0.6 is 0 Å². The van der Waals surface area contributed by atoms with Crippen LogP contribution in [-0.2, 0) is 5.41 Å². The third kappa shape index (κ3) is 3.84. The maximum atomic E-state index is 13.4. The SMILES string of the molecule is CC(C)(C)c1ccc(C(=O)Nc2c(C(=O)c3ccc4c(c3)OCO4)oc3ccccc23)cc1. The van der Waals surface area contributed by atoms with Crippen molar-refractivity contribution in [2.45, 2.75) is 26.2 Å². The minimum Gasteiger partial charge on any atom is -0.454 e. The first-order valence-corrected chi connectivity index (χ1v) is 10.7. The first kappa shape index (κ1) is 20.8. The average molecular weight is 441 g/mol. The molecule has 0 spiro atoms. The summed E-state index contributed by atoms with van der Waals surface area (Å²) in [4.78, 5) is 26.4. The molecule has 33 heavy (non-hydrogen) atoms. The molecule has 0 fully saturated rings. The number of furan rings is 1. The second-order valence-electron chi connectivity index (χ2n) is 8.98. The van der Waals surface area contributed by atoms with Crippen LogP contribution in [0.25, 0.3) is 11.0 Å². The molecular weight excluding hydrogens is 418 g/mol. The molecule has 0 aliphatic carbocycles. The van der Waals surface area contributed by atoms with E-state index < -0.39 is 0 Å². The minimum atomic E-state index is -0.358. The first-order valence-electron chi connectivity index (χ1n) is 10.7. The zero-order valence-corrected chi connectivity index (χ0v) is 18.6. The normalized spacial score (nSPS) is 12.7. The number of carbonyl (C=O) groups is 2. The summed E-state index contributed by atoms with van der Waals surface area (Å²) in [5.74, 6) is 0.476. The number of rotatable bonds is 4. The summed E-state index contributed by atoms with van der Waals surface area (Å²) in [5, 5.41) is 3.56. The zero-order chi connectivity index (χ0) is 23.2. The molecule has 166 valence electrons. The van der Waals surface area contributed by atoms with Crippen LogP contribution in [0, 0.1) is 0 Å². The molecule has 6 heteroatoms. The Labute approximate surface area is 191 Å². The van der Waals surface area contributed by atoms with Gasteiger partial charge in [0.1, 0.15) is 5.58 Å². The van der Waals surface area contributed by atoms with Crippen LogP contribution in [0.1, 0.15) is 52.8 Å². The minimum absolute atomic E-state index is 0.0139. The van der Waals surface area contributed by atoms with Gasteiger partial charge in [0, 0.05) is 16.5 Å². The molecule has 1 aromatic heterocycles. The number of benzene rings is 3. The van der Waals surface area contributed by atoms with Crippen molar-refractivity contribution in [1.82, 2.24) is 0 Å². The number of ketones is 1. The van der Waals surface area contributed by atoms with Crippen LogP contribution in [0.2, 0.25) is 0 Å². The Morgan fingerprint density at radius 1 is 0.848 bits per heavy atom. The average Bonchev–Trinajstić information content (AvgIpc) is 3.42. The molecule has 1 N–H and O–H groups in total. The smallest absolute Gasteiger partial charge is 0.255 e. The number of anilines is 1. The van der Waals surface area contributed by atoms with Crippen LogP contribution in [0.4, 0.5) is 5.69 Å². The van der Waals surface area contributed by atoms with E-state index in [9.17, 15) is 9.59 Å². The number of amides is 1. The van der Waals surface area contributed by atoms with Crippen LogP contribution in [0.15, 0.2) is 71.1 Å². The number of nitrogens with one attached hydrogen (secondary N) is 1. The van der Waals surface area contributed by atoms with Gasteiger partial charge in [0.05, 0.1) is 5.69 Å². The predicted molar refractivity (Wildman–Crippen MR) is 125 cm³/mol. The Kier molecular flexibility index (Phi) is 4.93. The summed E-state index contributed by atoms with van der Waals surface area (Å²) in [6.45, 7) is 6.47. The van der Waals surface area contributed by atoms with Crippen molar-refractivity contribution in [3.63, 3.8) is 0 Å². The van der Waals surface area contributed by atoms with Crippen LogP contribution < -0.4 is 14.8 Å². The summed E-state index contributed by atoms with van der Waals surface area (Å²) >= 11 is 0. The maximum Gasteiger partial charge on any atom is 0.255 e. The second-order valence-corrected chi connectivity index (χ2v) is 8.98. The Hall–Kier alpha value is -4.06. The van der Waals surface area contributed by atoms with Gasteiger partial charge in [-0.05, 0) is 53.4 Å². The van der Waals surface area contributed by atoms with Crippen molar-refractivity contribution in [2.75, 3.05) is 12.1 Å². The Morgan fingerprint density at radius 2 is 1.55 bits per heavy atom. The molecule has 0 saturated heterocycles. The van der Waals surface area contributed by atoms with Crippen molar-refractivity contribution in [3.05, 3.63) is 89.2 Å². The molecular formula is C27H23NO5. The standard InChI is InChI=1S/C27H23NO5/c1-27(2,3)18-11-8-16(9-12-18)26(30)28-23-19-6-4-5-7-20(19)33-25(23)24(29)17-10-13-21-22(14-17)32-15-31-21/h4-14H,15H2,1-3H3,(H,28,30). The lowest BCUT2D eigenvalue weighted by atomic mass is 9.86. The van der Waals surface area contributed by atoms with E-state index in [1.165, 1.54) is 0 Å². The van der Waals surface area contributed by atoms with E-state index in [4.69, 9.17) is 13.9 Å². The largest absolute Gasteiger partial charge is 0.454 e. The zero-order valence-electron chi connectivity index (χ0n) is 18.6. The molecule has 5 rings (SSSR count).